The Labute approximate surface area is 333 Å². The van der Waals surface area contributed by atoms with Crippen molar-refractivity contribution < 1.29 is 15.0 Å². The number of aryl methyl sites for hydroxylation is 1. The number of aromatic nitrogens is 1. The van der Waals surface area contributed by atoms with Gasteiger partial charge in [0.25, 0.3) is 0 Å². The lowest BCUT2D eigenvalue weighted by molar-refractivity contribution is -0.138. The quantitative estimate of drug-likeness (QED) is 0.125. The van der Waals surface area contributed by atoms with Crippen molar-refractivity contribution in [3.8, 4) is 0 Å². The first-order valence-electron chi connectivity index (χ1n) is 20.1. The number of carboxylic acid groups (broad SMARTS) is 1. The molecule has 4 aromatic rings. The summed E-state index contributed by atoms with van der Waals surface area (Å²) < 4.78 is 0. The van der Waals surface area contributed by atoms with Gasteiger partial charge in [-0.05, 0) is 103 Å². The van der Waals surface area contributed by atoms with Crippen LogP contribution in [0, 0.1) is 17.3 Å². The Morgan fingerprint density at radius 2 is 1.56 bits per heavy atom. The molecule has 0 bridgehead atoms. The van der Waals surface area contributed by atoms with Crippen LogP contribution in [0.25, 0.3) is 23.1 Å². The van der Waals surface area contributed by atoms with Crippen molar-refractivity contribution in [2.75, 3.05) is 5.75 Å². The molecule has 5 nitrogen and oxygen atoms in total. The van der Waals surface area contributed by atoms with Crippen molar-refractivity contribution in [3.63, 3.8) is 0 Å². The average molecular weight is 770 g/mol. The Balaban J connectivity index is 0.000000365. The number of aliphatic hydroxyl groups is 1. The van der Waals surface area contributed by atoms with Crippen LogP contribution in [0.4, 0.5) is 0 Å². The molecular formula is C47H61ClN2O3S. The highest BCUT2D eigenvalue weighted by molar-refractivity contribution is 7.99. The van der Waals surface area contributed by atoms with Gasteiger partial charge < -0.3 is 16.4 Å². The molecule has 54 heavy (non-hydrogen) atoms. The number of thioether (sulfide) groups is 1. The van der Waals surface area contributed by atoms with Crippen molar-refractivity contribution in [2.24, 2.45) is 17.3 Å². The molecule has 1 aromatic heterocycles. The summed E-state index contributed by atoms with van der Waals surface area (Å²) in [6.07, 6.45) is 23.4. The Kier molecular flexibility index (Phi) is 15.3. The summed E-state index contributed by atoms with van der Waals surface area (Å²) in [6, 6.07) is 26.5. The highest BCUT2D eigenvalue weighted by Crippen LogP contribution is 2.53. The molecule has 0 unspecified atom stereocenters. The van der Waals surface area contributed by atoms with Gasteiger partial charge in [0.05, 0.1) is 23.2 Å². The summed E-state index contributed by atoms with van der Waals surface area (Å²) in [4.78, 5) is 16.2. The van der Waals surface area contributed by atoms with Gasteiger partial charge in [0.1, 0.15) is 0 Å². The van der Waals surface area contributed by atoms with Crippen LogP contribution in [0.5, 0.6) is 0 Å². The van der Waals surface area contributed by atoms with E-state index >= 15 is 0 Å². The van der Waals surface area contributed by atoms with E-state index in [1.54, 1.807) is 25.7 Å². The second kappa shape index (κ2) is 19.6. The third-order valence-corrected chi connectivity index (χ3v) is 13.7. The van der Waals surface area contributed by atoms with E-state index in [1.807, 2.05) is 74.1 Å². The summed E-state index contributed by atoms with van der Waals surface area (Å²) >= 11 is 8.04. The molecule has 1 heterocycles. The highest BCUT2D eigenvalue weighted by Gasteiger charge is 2.44. The van der Waals surface area contributed by atoms with Crippen LogP contribution in [0.3, 0.4) is 0 Å². The van der Waals surface area contributed by atoms with E-state index in [-0.39, 0.29) is 23.2 Å². The second-order valence-electron chi connectivity index (χ2n) is 16.5. The van der Waals surface area contributed by atoms with Crippen molar-refractivity contribution >= 4 is 52.4 Å². The number of nitrogens with zero attached hydrogens (tertiary/aromatic N) is 1. The summed E-state index contributed by atoms with van der Waals surface area (Å²) in [5.41, 5.74) is 5.15. The topological polar surface area (TPSA) is 105 Å². The fourth-order valence-corrected chi connectivity index (χ4v) is 10.3. The molecule has 5 N–H and O–H groups in total. The predicted molar refractivity (Wildman–Crippen MR) is 229 cm³/mol. The average Bonchev–Trinajstić information content (AvgIpc) is 3.93. The molecule has 7 rings (SSSR count). The molecule has 0 aliphatic heterocycles. The summed E-state index contributed by atoms with van der Waals surface area (Å²) in [6.45, 7) is 3.66. The first-order chi connectivity index (χ1) is 25.6. The molecular weight excluding hydrogens is 708 g/mol. The van der Waals surface area contributed by atoms with Crippen LogP contribution in [-0.2, 0) is 16.8 Å². The lowest BCUT2D eigenvalue weighted by Gasteiger charge is -2.32. The molecule has 3 aliphatic carbocycles. The van der Waals surface area contributed by atoms with Gasteiger partial charge in [-0.1, -0.05) is 143 Å². The maximum atomic E-state index is 11.5. The lowest BCUT2D eigenvalue weighted by Crippen LogP contribution is -2.20. The van der Waals surface area contributed by atoms with E-state index in [9.17, 15) is 15.0 Å². The number of rotatable bonds is 13. The predicted octanol–water partition coefficient (Wildman–Crippen LogP) is 13.3. The van der Waals surface area contributed by atoms with Crippen LogP contribution in [0.1, 0.15) is 137 Å². The zero-order chi connectivity index (χ0) is 37.3. The van der Waals surface area contributed by atoms with Crippen LogP contribution < -0.4 is 6.15 Å². The first kappa shape index (κ1) is 42.0. The van der Waals surface area contributed by atoms with Gasteiger partial charge in [-0.2, -0.15) is 11.8 Å². The van der Waals surface area contributed by atoms with Gasteiger partial charge >= 0.3 is 5.97 Å². The van der Waals surface area contributed by atoms with E-state index in [0.29, 0.717) is 5.02 Å². The first-order valence-corrected chi connectivity index (χ1v) is 21.5. The number of hydrogen-bond donors (Lipinski definition) is 3. The van der Waals surface area contributed by atoms with Crippen LogP contribution in [-0.4, -0.2) is 26.9 Å². The van der Waals surface area contributed by atoms with E-state index in [1.165, 1.54) is 44.1 Å². The Hall–Kier alpha value is -3.16. The molecule has 290 valence electrons. The van der Waals surface area contributed by atoms with E-state index in [4.69, 9.17) is 16.6 Å². The zero-order valence-corrected chi connectivity index (χ0v) is 34.0. The monoisotopic (exact) mass is 768 g/mol. The standard InChI is InChI=1S/C35H36ClNO3S.C12H22.H3N/c1-34(2,40)30-9-4-3-7-25(30)13-17-32(41-23-35(18-19-35)22-33(38)39)27-8-5-6-24(20-27)10-15-29-16-12-26-11-14-28(36)21-31(26)37-29;1-3-7-11(8-4-1)12-9-5-2-6-10-12;/h3-12,14-16,20-21,32,40H,13,17-19,22-23H2,1-2H3,(H,38,39);11-12H,1-10H2;1H3/b15-10+;;/t32-;;/m1../s1. The molecule has 0 radical (unpaired) electrons. The van der Waals surface area contributed by atoms with Gasteiger partial charge in [-0.25, -0.2) is 4.98 Å². The van der Waals surface area contributed by atoms with E-state index in [2.05, 4.69) is 42.5 Å². The van der Waals surface area contributed by atoms with Gasteiger partial charge in [0, 0.05) is 21.4 Å². The van der Waals surface area contributed by atoms with Crippen LogP contribution >= 0.6 is 23.4 Å². The number of fused-ring (bicyclic) bond motifs is 1. The van der Waals surface area contributed by atoms with Crippen molar-refractivity contribution in [2.45, 2.75) is 121 Å². The largest absolute Gasteiger partial charge is 0.481 e. The molecule has 1 atom stereocenters. The number of carboxylic acids is 1. The Bertz CT molecular complexity index is 1820. The third-order valence-electron chi connectivity index (χ3n) is 11.8. The molecule has 0 saturated heterocycles. The van der Waals surface area contributed by atoms with Crippen LogP contribution in [0.2, 0.25) is 5.02 Å². The smallest absolute Gasteiger partial charge is 0.303 e. The van der Waals surface area contributed by atoms with Crippen molar-refractivity contribution in [1.82, 2.24) is 11.1 Å². The summed E-state index contributed by atoms with van der Waals surface area (Å²) in [5.74, 6) is 2.40. The minimum atomic E-state index is -0.911. The maximum absolute atomic E-state index is 11.5. The van der Waals surface area contributed by atoms with Gasteiger partial charge in [-0.3, -0.25) is 4.79 Å². The fourth-order valence-electron chi connectivity index (χ4n) is 8.57. The van der Waals surface area contributed by atoms with Gasteiger partial charge in [0.15, 0.2) is 0 Å². The number of pyridine rings is 1. The van der Waals surface area contributed by atoms with Gasteiger partial charge in [0.2, 0.25) is 0 Å². The highest BCUT2D eigenvalue weighted by atomic mass is 35.5. The Morgan fingerprint density at radius 3 is 2.20 bits per heavy atom. The SMILES string of the molecule is C1CCC(C2CCCCC2)CC1.CC(C)(O)c1ccccc1CC[C@@H](SCC1(CC(=O)O)CC1)c1cccc(/C=C/c2ccc3ccc(Cl)cc3n2)c1.N. The second-order valence-corrected chi connectivity index (χ2v) is 18.1. The van der Waals surface area contributed by atoms with Gasteiger partial charge in [-0.15, -0.1) is 0 Å². The molecule has 7 heteroatoms. The maximum Gasteiger partial charge on any atom is 0.303 e. The third kappa shape index (κ3) is 12.2. The minimum absolute atomic E-state index is 0. The lowest BCUT2D eigenvalue weighted by atomic mass is 9.73. The molecule has 3 fully saturated rings. The summed E-state index contributed by atoms with van der Waals surface area (Å²) in [5, 5.41) is 22.1. The normalized spacial score (nSPS) is 18.1. The Morgan fingerprint density at radius 1 is 0.889 bits per heavy atom. The number of benzene rings is 3. The molecule has 0 amide bonds. The van der Waals surface area contributed by atoms with E-state index < -0.39 is 11.6 Å². The number of aliphatic carboxylic acids is 1. The molecule has 3 aliphatic rings. The molecule has 0 spiro atoms. The number of hydrogen-bond acceptors (Lipinski definition) is 5. The summed E-state index contributed by atoms with van der Waals surface area (Å²) in [7, 11) is 0. The van der Waals surface area contributed by atoms with E-state index in [0.717, 1.165) is 76.6 Å². The number of halogens is 1. The fraction of sp³-hybridized carbons (Fsp3) is 0.489. The zero-order valence-electron chi connectivity index (χ0n) is 32.4. The van der Waals surface area contributed by atoms with Crippen molar-refractivity contribution in [3.05, 3.63) is 112 Å². The van der Waals surface area contributed by atoms with Crippen LogP contribution in [0.15, 0.2) is 78.9 Å². The molecule has 3 saturated carbocycles. The number of carbonyl (C=O) groups is 1. The van der Waals surface area contributed by atoms with Crippen molar-refractivity contribution in [1.29, 1.82) is 0 Å². The molecule has 3 aromatic carbocycles. The minimum Gasteiger partial charge on any atom is -0.481 e.